The molecule has 5 heteroatoms. The average Bonchev–Trinajstić information content (AvgIpc) is 2.77. The van der Waals surface area contributed by atoms with Crippen LogP contribution in [0.15, 0.2) is 24.3 Å². The zero-order chi connectivity index (χ0) is 15.6. The molecule has 0 bridgehead atoms. The molecule has 1 aromatic rings. The van der Waals surface area contributed by atoms with Crippen LogP contribution in [0.3, 0.4) is 0 Å². The molecule has 114 valence electrons. The van der Waals surface area contributed by atoms with Crippen LogP contribution in [0.25, 0.3) is 0 Å². The second-order valence-electron chi connectivity index (χ2n) is 6.22. The first-order valence-corrected chi connectivity index (χ1v) is 7.69. The number of rotatable bonds is 4. The van der Waals surface area contributed by atoms with Crippen molar-refractivity contribution in [1.82, 2.24) is 4.90 Å². The van der Waals surface area contributed by atoms with Crippen molar-refractivity contribution in [1.29, 1.82) is 0 Å². The second kappa shape index (κ2) is 6.12. The van der Waals surface area contributed by atoms with Crippen LogP contribution in [0.1, 0.15) is 39.2 Å². The molecule has 1 saturated heterocycles. The number of anilines is 1. The number of carbonyl (C=O) groups excluding carboxylic acids is 1. The Morgan fingerprint density at radius 2 is 2.19 bits per heavy atom. The van der Waals surface area contributed by atoms with E-state index in [0.29, 0.717) is 4.99 Å². The van der Waals surface area contributed by atoms with Crippen LogP contribution in [0.4, 0.5) is 5.69 Å². The summed E-state index contributed by atoms with van der Waals surface area (Å²) in [5.41, 5.74) is 7.19. The zero-order valence-corrected chi connectivity index (χ0v) is 13.7. The number of nitrogens with zero attached hydrogens (tertiary/aromatic N) is 1. The number of likely N-dealkylation sites (tertiary alicyclic amines) is 1. The molecule has 1 aromatic carbocycles. The first-order valence-electron chi connectivity index (χ1n) is 7.29. The Kier molecular flexibility index (Phi) is 4.64. The molecule has 21 heavy (non-hydrogen) atoms. The summed E-state index contributed by atoms with van der Waals surface area (Å²) in [4.78, 5) is 15.0. The molecule has 0 aromatic heterocycles. The Labute approximate surface area is 131 Å². The quantitative estimate of drug-likeness (QED) is 0.839. The maximum Gasteiger partial charge on any atom is 0.241 e. The Morgan fingerprint density at radius 1 is 1.48 bits per heavy atom. The zero-order valence-electron chi connectivity index (χ0n) is 12.8. The Bertz CT molecular complexity index is 556. The first-order chi connectivity index (χ1) is 9.81. The highest BCUT2D eigenvalue weighted by molar-refractivity contribution is 7.80. The lowest BCUT2D eigenvalue weighted by Gasteiger charge is -2.35. The summed E-state index contributed by atoms with van der Waals surface area (Å²) in [5, 5.41) is 2.96. The number of benzene rings is 1. The van der Waals surface area contributed by atoms with E-state index in [0.717, 1.165) is 30.6 Å². The number of nitrogens with one attached hydrogen (secondary N) is 1. The molecule has 1 atom stereocenters. The number of thiocarbonyl (C=S) groups is 1. The number of nitrogens with two attached hydrogens (primary N) is 1. The van der Waals surface area contributed by atoms with Crippen molar-refractivity contribution in [2.24, 2.45) is 5.73 Å². The number of carbonyl (C=O) groups is 1. The molecule has 2 rings (SSSR count). The van der Waals surface area contributed by atoms with Crippen molar-refractivity contribution in [3.8, 4) is 0 Å². The molecular formula is C16H23N3OS. The monoisotopic (exact) mass is 305 g/mol. The summed E-state index contributed by atoms with van der Waals surface area (Å²) < 4.78 is 0. The predicted molar refractivity (Wildman–Crippen MR) is 90.4 cm³/mol. The molecule has 1 aliphatic heterocycles. The Hall–Kier alpha value is -1.46. The fraction of sp³-hybridized carbons (Fsp3) is 0.500. The minimum Gasteiger partial charge on any atom is -0.389 e. The smallest absolute Gasteiger partial charge is 0.241 e. The Balaban J connectivity index is 2.07. The van der Waals surface area contributed by atoms with Crippen molar-refractivity contribution in [3.63, 3.8) is 0 Å². The third kappa shape index (κ3) is 3.60. The van der Waals surface area contributed by atoms with Crippen molar-refractivity contribution in [2.75, 3.05) is 11.9 Å². The van der Waals surface area contributed by atoms with Crippen LogP contribution >= 0.6 is 12.2 Å². The van der Waals surface area contributed by atoms with Crippen LogP contribution in [-0.4, -0.2) is 33.9 Å². The van der Waals surface area contributed by atoms with Gasteiger partial charge in [-0.25, -0.2) is 0 Å². The van der Waals surface area contributed by atoms with Crippen molar-refractivity contribution in [3.05, 3.63) is 29.8 Å². The number of hydrogen-bond acceptors (Lipinski definition) is 3. The molecule has 1 unspecified atom stereocenters. The van der Waals surface area contributed by atoms with Gasteiger partial charge in [0.25, 0.3) is 0 Å². The summed E-state index contributed by atoms with van der Waals surface area (Å²) in [5.74, 6) is 0.00469. The van der Waals surface area contributed by atoms with E-state index < -0.39 is 0 Å². The molecule has 0 spiro atoms. The summed E-state index contributed by atoms with van der Waals surface area (Å²) in [7, 11) is 0. The summed E-state index contributed by atoms with van der Waals surface area (Å²) >= 11 is 4.96. The standard InChI is InChI=1S/C16H23N3OS/c1-11(19-9-5-8-16(19,2)3)15(20)18-13-7-4-6-12(10-13)14(17)21/h4,6-7,10-11H,5,8-9H2,1-3H3,(H2,17,21)(H,18,20). The molecular weight excluding hydrogens is 282 g/mol. The molecule has 0 saturated carbocycles. The van der Waals surface area contributed by atoms with Crippen LogP contribution in [0, 0.1) is 0 Å². The largest absolute Gasteiger partial charge is 0.389 e. The third-order valence-corrected chi connectivity index (χ3v) is 4.46. The van der Waals surface area contributed by atoms with Gasteiger partial charge < -0.3 is 11.1 Å². The summed E-state index contributed by atoms with van der Waals surface area (Å²) in [6.45, 7) is 7.31. The van der Waals surface area contributed by atoms with Gasteiger partial charge in [-0.05, 0) is 52.3 Å². The highest BCUT2D eigenvalue weighted by atomic mass is 32.1. The highest BCUT2D eigenvalue weighted by Crippen LogP contribution is 2.30. The SMILES string of the molecule is CC(C(=O)Nc1cccc(C(N)=S)c1)N1CCCC1(C)C. The van der Waals surface area contributed by atoms with E-state index in [1.807, 2.05) is 31.2 Å². The number of hydrogen-bond donors (Lipinski definition) is 2. The molecule has 1 heterocycles. The lowest BCUT2D eigenvalue weighted by molar-refractivity contribution is -0.122. The second-order valence-corrected chi connectivity index (χ2v) is 6.66. The Morgan fingerprint density at radius 3 is 2.76 bits per heavy atom. The van der Waals surface area contributed by atoms with Gasteiger partial charge in [-0.3, -0.25) is 9.69 Å². The van der Waals surface area contributed by atoms with Gasteiger partial charge in [0, 0.05) is 16.8 Å². The van der Waals surface area contributed by atoms with Gasteiger partial charge in [0.05, 0.1) is 6.04 Å². The summed E-state index contributed by atoms with van der Waals surface area (Å²) in [6.07, 6.45) is 2.27. The maximum absolute atomic E-state index is 12.5. The first kappa shape index (κ1) is 15.9. The van der Waals surface area contributed by atoms with Gasteiger partial charge in [-0.1, -0.05) is 24.4 Å². The van der Waals surface area contributed by atoms with Crippen molar-refractivity contribution in [2.45, 2.75) is 45.2 Å². The number of amides is 1. The van der Waals surface area contributed by atoms with Crippen LogP contribution < -0.4 is 11.1 Å². The van der Waals surface area contributed by atoms with Crippen LogP contribution in [0.2, 0.25) is 0 Å². The average molecular weight is 305 g/mol. The molecule has 3 N–H and O–H groups in total. The fourth-order valence-corrected chi connectivity index (χ4v) is 3.11. The van der Waals surface area contributed by atoms with Gasteiger partial charge in [0.2, 0.25) is 5.91 Å². The van der Waals surface area contributed by atoms with Gasteiger partial charge in [-0.2, -0.15) is 0 Å². The predicted octanol–water partition coefficient (Wildman–Crippen LogP) is 2.52. The minimum absolute atomic E-state index is 0.00469. The van der Waals surface area contributed by atoms with Crippen molar-refractivity contribution < 1.29 is 4.79 Å². The van der Waals surface area contributed by atoms with Crippen molar-refractivity contribution >= 4 is 28.8 Å². The molecule has 0 aliphatic carbocycles. The van der Waals surface area contributed by atoms with Gasteiger partial charge in [-0.15, -0.1) is 0 Å². The van der Waals surface area contributed by atoms with Gasteiger partial charge >= 0.3 is 0 Å². The van der Waals surface area contributed by atoms with E-state index in [2.05, 4.69) is 24.1 Å². The van der Waals surface area contributed by atoms with E-state index in [1.54, 1.807) is 0 Å². The normalized spacial score (nSPS) is 19.2. The van der Waals surface area contributed by atoms with Gasteiger partial charge in [0.15, 0.2) is 0 Å². The lowest BCUT2D eigenvalue weighted by atomic mass is 10.0. The highest BCUT2D eigenvalue weighted by Gasteiger charge is 2.37. The molecule has 1 amide bonds. The fourth-order valence-electron chi connectivity index (χ4n) is 2.98. The van der Waals surface area contributed by atoms with E-state index >= 15 is 0 Å². The van der Waals surface area contributed by atoms with Crippen LogP contribution in [-0.2, 0) is 4.79 Å². The van der Waals surface area contributed by atoms with Crippen LogP contribution in [0.5, 0.6) is 0 Å². The topological polar surface area (TPSA) is 58.4 Å². The molecule has 1 fully saturated rings. The molecule has 4 nitrogen and oxygen atoms in total. The molecule has 1 aliphatic rings. The lowest BCUT2D eigenvalue weighted by Crippen LogP contribution is -2.49. The minimum atomic E-state index is -0.156. The maximum atomic E-state index is 12.5. The van der Waals surface area contributed by atoms with Gasteiger partial charge in [0.1, 0.15) is 4.99 Å². The van der Waals surface area contributed by atoms with E-state index in [-0.39, 0.29) is 17.5 Å². The van der Waals surface area contributed by atoms with E-state index in [1.165, 1.54) is 0 Å². The van der Waals surface area contributed by atoms with E-state index in [4.69, 9.17) is 18.0 Å². The third-order valence-electron chi connectivity index (χ3n) is 4.23. The molecule has 0 radical (unpaired) electrons. The summed E-state index contributed by atoms with van der Waals surface area (Å²) in [6, 6.07) is 7.18. The van der Waals surface area contributed by atoms with E-state index in [9.17, 15) is 4.79 Å².